The molecular weight excluding hydrogens is 206 g/mol. The summed E-state index contributed by atoms with van der Waals surface area (Å²) >= 11 is 1.91. The van der Waals surface area contributed by atoms with Gasteiger partial charge < -0.3 is 4.90 Å². The molecule has 1 atom stereocenters. The van der Waals surface area contributed by atoms with Gasteiger partial charge in [-0.05, 0) is 12.2 Å². The second-order valence-electron chi connectivity index (χ2n) is 2.89. The van der Waals surface area contributed by atoms with Crippen LogP contribution in [0.15, 0.2) is 0 Å². The van der Waals surface area contributed by atoms with E-state index in [9.17, 15) is 4.79 Å². The van der Waals surface area contributed by atoms with Crippen molar-refractivity contribution in [3.05, 3.63) is 0 Å². The Hall–Kier alpha value is -0.180. The molecule has 1 heterocycles. The third-order valence-electron chi connectivity index (χ3n) is 2.02. The lowest BCUT2D eigenvalue weighted by molar-refractivity contribution is -0.131. The Kier molecular flexibility index (Phi) is 13.7. The minimum Gasteiger partial charge on any atom is -0.346 e. The van der Waals surface area contributed by atoms with Crippen LogP contribution in [0.5, 0.6) is 0 Å². The zero-order chi connectivity index (χ0) is 12.3. The van der Waals surface area contributed by atoms with Crippen LogP contribution < -0.4 is 0 Å². The molecule has 0 spiro atoms. The molecule has 0 aromatic heterocycles. The quantitative estimate of drug-likeness (QED) is 0.728. The summed E-state index contributed by atoms with van der Waals surface area (Å²) in [4.78, 5) is 13.0. The van der Waals surface area contributed by atoms with Crippen molar-refractivity contribution >= 4 is 17.7 Å². The highest BCUT2D eigenvalue weighted by molar-refractivity contribution is 7.99. The van der Waals surface area contributed by atoms with Crippen molar-refractivity contribution in [2.24, 2.45) is 0 Å². The molecule has 1 unspecified atom stereocenters. The monoisotopic (exact) mass is 233 g/mol. The normalized spacial score (nSPS) is 19.7. The van der Waals surface area contributed by atoms with E-state index in [0.29, 0.717) is 11.2 Å². The lowest BCUT2D eigenvalue weighted by atomic mass is 10.1. The number of carbonyl (C=O) groups excluding carboxylic acids is 1. The fraction of sp³-hybridized carbons (Fsp3) is 0.917. The molecule has 0 saturated carbocycles. The average molecular weight is 233 g/mol. The first-order valence-corrected chi connectivity index (χ1v) is 7.14. The molecule has 1 rings (SSSR count). The first-order valence-electron chi connectivity index (χ1n) is 6.09. The molecule has 1 aliphatic rings. The molecule has 2 nitrogen and oxygen atoms in total. The van der Waals surface area contributed by atoms with E-state index in [-0.39, 0.29) is 0 Å². The van der Waals surface area contributed by atoms with Crippen molar-refractivity contribution in [3.63, 3.8) is 0 Å². The fourth-order valence-electron chi connectivity index (χ4n) is 1.29. The van der Waals surface area contributed by atoms with Crippen LogP contribution in [-0.4, -0.2) is 35.4 Å². The summed E-state index contributed by atoms with van der Waals surface area (Å²) in [6.07, 6.45) is 1.91. The van der Waals surface area contributed by atoms with Gasteiger partial charge in [0.05, 0.1) is 0 Å². The lowest BCUT2D eigenvalue weighted by Gasteiger charge is -2.27. The molecule has 0 aromatic carbocycles. The molecule has 0 N–H and O–H groups in total. The van der Waals surface area contributed by atoms with Gasteiger partial charge in [0.25, 0.3) is 0 Å². The Morgan fingerprint density at radius 1 is 1.33 bits per heavy atom. The van der Waals surface area contributed by atoms with Crippen molar-refractivity contribution in [2.75, 3.05) is 19.3 Å². The van der Waals surface area contributed by atoms with Gasteiger partial charge in [0, 0.05) is 25.3 Å². The van der Waals surface area contributed by atoms with Crippen molar-refractivity contribution in [3.8, 4) is 0 Å². The van der Waals surface area contributed by atoms with E-state index in [0.717, 1.165) is 18.7 Å². The van der Waals surface area contributed by atoms with Gasteiger partial charge in [0.1, 0.15) is 0 Å². The predicted molar refractivity (Wildman–Crippen MR) is 71.5 cm³/mol. The number of carbonyl (C=O) groups is 1. The van der Waals surface area contributed by atoms with E-state index in [1.165, 1.54) is 6.42 Å². The second kappa shape index (κ2) is 11.9. The summed E-state index contributed by atoms with van der Waals surface area (Å²) in [5.74, 6) is 1.43. The topological polar surface area (TPSA) is 20.3 Å². The van der Waals surface area contributed by atoms with Crippen molar-refractivity contribution < 1.29 is 4.79 Å². The molecule has 3 heteroatoms. The molecule has 0 bridgehead atoms. The Labute approximate surface area is 99.8 Å². The van der Waals surface area contributed by atoms with Crippen molar-refractivity contribution in [2.45, 2.75) is 52.7 Å². The molecule has 15 heavy (non-hydrogen) atoms. The molecule has 0 aliphatic carbocycles. The molecule has 1 fully saturated rings. The summed E-state index contributed by atoms with van der Waals surface area (Å²) in [7, 11) is 1.88. The maximum absolute atomic E-state index is 11.2. The smallest absolute Gasteiger partial charge is 0.223 e. The van der Waals surface area contributed by atoms with Crippen LogP contribution in [0.25, 0.3) is 0 Å². The average Bonchev–Trinajstić information content (AvgIpc) is 2.30. The van der Waals surface area contributed by atoms with E-state index in [4.69, 9.17) is 0 Å². The highest BCUT2D eigenvalue weighted by Crippen LogP contribution is 2.22. The van der Waals surface area contributed by atoms with Gasteiger partial charge in [-0.2, -0.15) is 11.8 Å². The summed E-state index contributed by atoms with van der Waals surface area (Å²) in [6.45, 7) is 11.1. The van der Waals surface area contributed by atoms with Crippen LogP contribution >= 0.6 is 11.8 Å². The largest absolute Gasteiger partial charge is 0.346 e. The summed E-state index contributed by atoms with van der Waals surface area (Å²) in [6, 6.07) is 0. The molecule has 0 aromatic rings. The SMILES string of the molecule is CC.CC.CCSC1CCN(C)C(=O)C1. The second-order valence-corrected chi connectivity index (χ2v) is 4.46. The highest BCUT2D eigenvalue weighted by atomic mass is 32.2. The van der Waals surface area contributed by atoms with Crippen LogP contribution in [0.2, 0.25) is 0 Å². The minimum atomic E-state index is 0.308. The fourth-order valence-corrected chi connectivity index (χ4v) is 2.30. The van der Waals surface area contributed by atoms with Crippen LogP contribution in [0, 0.1) is 0 Å². The highest BCUT2D eigenvalue weighted by Gasteiger charge is 2.22. The van der Waals surface area contributed by atoms with Gasteiger partial charge in [-0.1, -0.05) is 34.6 Å². The summed E-state index contributed by atoms with van der Waals surface area (Å²) in [5, 5.41) is 0.587. The number of amides is 1. The molecule has 1 amide bonds. The van der Waals surface area contributed by atoms with Gasteiger partial charge in [-0.3, -0.25) is 4.79 Å². The number of nitrogens with zero attached hydrogens (tertiary/aromatic N) is 1. The van der Waals surface area contributed by atoms with Gasteiger partial charge >= 0.3 is 0 Å². The third kappa shape index (κ3) is 7.71. The van der Waals surface area contributed by atoms with Crippen molar-refractivity contribution in [1.82, 2.24) is 4.90 Å². The third-order valence-corrected chi connectivity index (χ3v) is 3.22. The van der Waals surface area contributed by atoms with E-state index in [1.807, 2.05) is 51.4 Å². The first kappa shape index (κ1) is 17.2. The van der Waals surface area contributed by atoms with E-state index in [1.54, 1.807) is 0 Å². The molecule has 0 radical (unpaired) electrons. The van der Waals surface area contributed by atoms with Gasteiger partial charge in [0.2, 0.25) is 5.91 Å². The van der Waals surface area contributed by atoms with E-state index < -0.39 is 0 Å². The lowest BCUT2D eigenvalue weighted by Crippen LogP contribution is -2.36. The minimum absolute atomic E-state index is 0.308. The van der Waals surface area contributed by atoms with E-state index >= 15 is 0 Å². The molecule has 92 valence electrons. The van der Waals surface area contributed by atoms with Gasteiger partial charge in [0.15, 0.2) is 0 Å². The summed E-state index contributed by atoms with van der Waals surface area (Å²) < 4.78 is 0. The maximum Gasteiger partial charge on any atom is 0.223 e. The number of thioether (sulfide) groups is 1. The predicted octanol–water partition coefficient (Wildman–Crippen LogP) is 3.41. The van der Waals surface area contributed by atoms with E-state index in [2.05, 4.69) is 6.92 Å². The maximum atomic E-state index is 11.2. The van der Waals surface area contributed by atoms with Gasteiger partial charge in [-0.15, -0.1) is 0 Å². The first-order chi connectivity index (χ1) is 7.24. The number of hydrogen-bond acceptors (Lipinski definition) is 2. The number of piperidine rings is 1. The van der Waals surface area contributed by atoms with Crippen LogP contribution in [-0.2, 0) is 4.79 Å². The molecule has 1 aliphatic heterocycles. The number of likely N-dealkylation sites (tertiary alicyclic amines) is 1. The van der Waals surface area contributed by atoms with Crippen LogP contribution in [0.4, 0.5) is 0 Å². The number of hydrogen-bond donors (Lipinski definition) is 0. The summed E-state index contributed by atoms with van der Waals surface area (Å²) in [5.41, 5.74) is 0. The molecular formula is C12H27NOS. The van der Waals surface area contributed by atoms with Crippen molar-refractivity contribution in [1.29, 1.82) is 0 Å². The van der Waals surface area contributed by atoms with Gasteiger partial charge in [-0.25, -0.2) is 0 Å². The van der Waals surface area contributed by atoms with Crippen LogP contribution in [0.3, 0.4) is 0 Å². The Morgan fingerprint density at radius 2 is 1.87 bits per heavy atom. The van der Waals surface area contributed by atoms with Crippen LogP contribution in [0.1, 0.15) is 47.5 Å². The molecule has 1 saturated heterocycles. The Morgan fingerprint density at radius 3 is 2.27 bits per heavy atom. The Balaban J connectivity index is 0. The zero-order valence-corrected chi connectivity index (χ0v) is 12.0. The Bertz CT molecular complexity index is 151. The number of rotatable bonds is 2. The zero-order valence-electron chi connectivity index (χ0n) is 11.2. The standard InChI is InChI=1S/C8H15NOS.2C2H6/c1-3-11-7-4-5-9(2)8(10)6-7;2*1-2/h7H,3-6H2,1-2H3;2*1-2H3.